The van der Waals surface area contributed by atoms with Crippen LogP contribution in [0.2, 0.25) is 0 Å². The van der Waals surface area contributed by atoms with Crippen LogP contribution in [-0.4, -0.2) is 12.5 Å². The van der Waals surface area contributed by atoms with Crippen molar-refractivity contribution in [1.29, 1.82) is 5.26 Å². The number of anilines is 1. The molecule has 1 unspecified atom stereocenters. The summed E-state index contributed by atoms with van der Waals surface area (Å²) < 4.78 is 0. The number of amides is 1. The van der Waals surface area contributed by atoms with Gasteiger partial charge in [0.2, 0.25) is 5.91 Å². The molecule has 1 atom stereocenters. The van der Waals surface area contributed by atoms with Gasteiger partial charge in [-0.1, -0.05) is 30.7 Å². The third-order valence-electron chi connectivity index (χ3n) is 5.90. The van der Waals surface area contributed by atoms with E-state index in [1.807, 2.05) is 0 Å². The molecule has 146 valence electrons. The molecule has 1 amide bonds. The van der Waals surface area contributed by atoms with Crippen LogP contribution in [0, 0.1) is 11.3 Å². The maximum absolute atomic E-state index is 12.5. The van der Waals surface area contributed by atoms with Gasteiger partial charge in [0.15, 0.2) is 0 Å². The number of nitrogens with zero attached hydrogens (tertiary/aromatic N) is 1. The van der Waals surface area contributed by atoms with E-state index in [4.69, 9.17) is 0 Å². The van der Waals surface area contributed by atoms with E-state index in [9.17, 15) is 10.1 Å². The highest BCUT2D eigenvalue weighted by Gasteiger charge is 2.22. The van der Waals surface area contributed by atoms with Gasteiger partial charge in [-0.3, -0.25) is 4.79 Å². The number of hydrogen-bond acceptors (Lipinski definition) is 4. The largest absolute Gasteiger partial charge is 0.317 e. The second kappa shape index (κ2) is 8.89. The van der Waals surface area contributed by atoms with Crippen molar-refractivity contribution in [2.24, 2.45) is 0 Å². The second-order valence-corrected chi connectivity index (χ2v) is 8.88. The number of carbonyl (C=O) groups is 1. The minimum atomic E-state index is -0.00972. The zero-order chi connectivity index (χ0) is 19.3. The highest BCUT2D eigenvalue weighted by Crippen LogP contribution is 2.37. The van der Waals surface area contributed by atoms with E-state index in [-0.39, 0.29) is 5.91 Å². The minimum absolute atomic E-state index is 0.00972. The molecule has 5 heteroatoms. The molecular formula is C23H27N3OS. The Morgan fingerprint density at radius 3 is 2.89 bits per heavy atom. The normalized spacial score (nSPS) is 18.5. The number of nitrogens with one attached hydrogen (secondary N) is 2. The molecule has 2 aliphatic carbocycles. The first-order chi connectivity index (χ1) is 13.8. The van der Waals surface area contributed by atoms with Crippen molar-refractivity contribution < 1.29 is 4.79 Å². The molecule has 1 aromatic carbocycles. The van der Waals surface area contributed by atoms with Gasteiger partial charge < -0.3 is 10.6 Å². The number of thiophene rings is 1. The van der Waals surface area contributed by atoms with Crippen LogP contribution in [0.3, 0.4) is 0 Å². The summed E-state index contributed by atoms with van der Waals surface area (Å²) in [5.41, 5.74) is 4.68. The first-order valence-electron chi connectivity index (χ1n) is 10.4. The van der Waals surface area contributed by atoms with Crippen LogP contribution in [0.25, 0.3) is 0 Å². The molecule has 4 nitrogen and oxygen atoms in total. The van der Waals surface area contributed by atoms with Gasteiger partial charge in [-0.2, -0.15) is 5.26 Å². The Morgan fingerprint density at radius 1 is 1.14 bits per heavy atom. The molecular weight excluding hydrogens is 366 g/mol. The molecule has 0 spiro atoms. The molecule has 2 aromatic rings. The lowest BCUT2D eigenvalue weighted by Gasteiger charge is -2.26. The predicted molar refractivity (Wildman–Crippen MR) is 114 cm³/mol. The third kappa shape index (κ3) is 4.14. The van der Waals surface area contributed by atoms with Crippen LogP contribution in [0.15, 0.2) is 24.3 Å². The highest BCUT2D eigenvalue weighted by atomic mass is 32.1. The average molecular weight is 394 g/mol. The van der Waals surface area contributed by atoms with E-state index >= 15 is 0 Å². The van der Waals surface area contributed by atoms with Crippen molar-refractivity contribution in [2.75, 3.05) is 11.9 Å². The van der Waals surface area contributed by atoms with Crippen LogP contribution in [-0.2, 0) is 24.1 Å². The Labute approximate surface area is 171 Å². The molecule has 2 N–H and O–H groups in total. The molecule has 0 fully saturated rings. The summed E-state index contributed by atoms with van der Waals surface area (Å²) in [7, 11) is 0. The Morgan fingerprint density at radius 2 is 2.00 bits per heavy atom. The van der Waals surface area contributed by atoms with Crippen molar-refractivity contribution in [3.63, 3.8) is 0 Å². The molecule has 0 saturated heterocycles. The molecule has 0 aliphatic heterocycles. The number of hydrogen-bond donors (Lipinski definition) is 2. The van der Waals surface area contributed by atoms with E-state index in [0.717, 1.165) is 37.1 Å². The van der Waals surface area contributed by atoms with Gasteiger partial charge in [0, 0.05) is 23.9 Å². The maximum Gasteiger partial charge on any atom is 0.226 e. The van der Waals surface area contributed by atoms with Gasteiger partial charge in [0.05, 0.1) is 5.56 Å². The molecule has 28 heavy (non-hydrogen) atoms. The van der Waals surface area contributed by atoms with Crippen LogP contribution < -0.4 is 10.6 Å². The lowest BCUT2D eigenvalue weighted by molar-refractivity contribution is -0.116. The van der Waals surface area contributed by atoms with Gasteiger partial charge in [-0.05, 0) is 61.6 Å². The first kappa shape index (κ1) is 19.2. The van der Waals surface area contributed by atoms with E-state index in [0.29, 0.717) is 24.6 Å². The summed E-state index contributed by atoms with van der Waals surface area (Å²) in [6, 6.07) is 11.3. The standard InChI is InChI=1S/C23H27N3OS/c24-15-19-18-10-2-1-3-12-21(18)28-23(19)26-22(27)13-14-25-20-11-6-8-16-7-4-5-9-17(16)20/h4-5,7,9,20,25H,1-3,6,8,10-14H2,(H,26,27). The SMILES string of the molecule is N#Cc1c(NC(=O)CCNC2CCCc3ccccc32)sc2c1CCCCC2. The maximum atomic E-state index is 12.5. The number of carbonyl (C=O) groups excluding carboxylic acids is 1. The smallest absolute Gasteiger partial charge is 0.226 e. The van der Waals surface area contributed by atoms with Gasteiger partial charge in [0.1, 0.15) is 11.1 Å². The first-order valence-corrected chi connectivity index (χ1v) is 11.2. The quantitative estimate of drug-likeness (QED) is 0.711. The van der Waals surface area contributed by atoms with Gasteiger partial charge in [0.25, 0.3) is 0 Å². The monoisotopic (exact) mass is 393 g/mol. The van der Waals surface area contributed by atoms with Crippen LogP contribution >= 0.6 is 11.3 Å². The number of nitriles is 1. The molecule has 4 rings (SSSR count). The highest BCUT2D eigenvalue weighted by molar-refractivity contribution is 7.16. The van der Waals surface area contributed by atoms with E-state index < -0.39 is 0 Å². The fraction of sp³-hybridized carbons (Fsp3) is 0.478. The lowest BCUT2D eigenvalue weighted by atomic mass is 9.88. The average Bonchev–Trinajstić information content (AvgIpc) is 2.87. The van der Waals surface area contributed by atoms with Crippen LogP contribution in [0.4, 0.5) is 5.00 Å². The molecule has 1 heterocycles. The Balaban J connectivity index is 1.34. The van der Waals surface area contributed by atoms with Gasteiger partial charge in [-0.15, -0.1) is 11.3 Å². The third-order valence-corrected chi connectivity index (χ3v) is 7.11. The van der Waals surface area contributed by atoms with Crippen molar-refractivity contribution in [3.8, 4) is 6.07 Å². The van der Waals surface area contributed by atoms with Gasteiger partial charge >= 0.3 is 0 Å². The van der Waals surface area contributed by atoms with E-state index in [2.05, 4.69) is 41.0 Å². The van der Waals surface area contributed by atoms with E-state index in [1.54, 1.807) is 11.3 Å². The van der Waals surface area contributed by atoms with Crippen molar-refractivity contribution in [3.05, 3.63) is 51.4 Å². The molecule has 0 radical (unpaired) electrons. The van der Waals surface area contributed by atoms with Crippen LogP contribution in [0.5, 0.6) is 0 Å². The number of benzene rings is 1. The summed E-state index contributed by atoms with van der Waals surface area (Å²) in [6.07, 6.45) is 9.42. The minimum Gasteiger partial charge on any atom is -0.317 e. The number of rotatable bonds is 5. The second-order valence-electron chi connectivity index (χ2n) is 7.78. The molecule has 2 aliphatic rings. The Kier molecular flexibility index (Phi) is 6.09. The zero-order valence-corrected chi connectivity index (χ0v) is 17.0. The summed E-state index contributed by atoms with van der Waals surface area (Å²) >= 11 is 1.61. The molecule has 1 aromatic heterocycles. The van der Waals surface area contributed by atoms with Crippen LogP contribution in [0.1, 0.15) is 71.7 Å². The summed E-state index contributed by atoms with van der Waals surface area (Å²) in [4.78, 5) is 13.8. The Bertz CT molecular complexity index is 896. The van der Waals surface area contributed by atoms with Crippen molar-refractivity contribution >= 4 is 22.2 Å². The number of fused-ring (bicyclic) bond motifs is 2. The summed E-state index contributed by atoms with van der Waals surface area (Å²) in [5, 5.41) is 16.9. The fourth-order valence-corrected chi connectivity index (χ4v) is 5.72. The van der Waals surface area contributed by atoms with Crippen molar-refractivity contribution in [2.45, 2.75) is 63.8 Å². The molecule has 0 saturated carbocycles. The topological polar surface area (TPSA) is 64.9 Å². The summed E-state index contributed by atoms with van der Waals surface area (Å²) in [5.74, 6) is -0.00972. The fourth-order valence-electron chi connectivity index (χ4n) is 4.46. The lowest BCUT2D eigenvalue weighted by Crippen LogP contribution is -2.28. The predicted octanol–water partition coefficient (Wildman–Crippen LogP) is 4.88. The van der Waals surface area contributed by atoms with Crippen molar-refractivity contribution in [1.82, 2.24) is 5.32 Å². The zero-order valence-electron chi connectivity index (χ0n) is 16.2. The summed E-state index contributed by atoms with van der Waals surface area (Å²) in [6.45, 7) is 0.651. The molecule has 0 bridgehead atoms. The Hall–Kier alpha value is -2.16. The number of aryl methyl sites for hydroxylation is 2. The van der Waals surface area contributed by atoms with Gasteiger partial charge in [-0.25, -0.2) is 0 Å². The van der Waals surface area contributed by atoms with E-state index in [1.165, 1.54) is 40.8 Å².